The molecule has 0 radical (unpaired) electrons. The molecular weight excluding hydrogens is 246 g/mol. The quantitative estimate of drug-likeness (QED) is 0.331. The average molecular weight is 265 g/mol. The van der Waals surface area contributed by atoms with Crippen LogP contribution in [0.3, 0.4) is 0 Å². The zero-order chi connectivity index (χ0) is 14.6. The largest absolute Gasteiger partial charge is 0.468 e. The van der Waals surface area contributed by atoms with Gasteiger partial charge < -0.3 is 4.74 Å². The molecule has 1 aliphatic carbocycles. The lowest BCUT2D eigenvalue weighted by atomic mass is 9.64. The van der Waals surface area contributed by atoms with Gasteiger partial charge in [0.25, 0.3) is 0 Å². The zero-order valence-corrected chi connectivity index (χ0v) is 11.5. The van der Waals surface area contributed by atoms with E-state index in [1.165, 1.54) is 13.3 Å². The minimum Gasteiger partial charge on any atom is -0.468 e. The smallest absolute Gasteiger partial charge is 0.316 e. The molecule has 1 fully saturated rings. The summed E-state index contributed by atoms with van der Waals surface area (Å²) in [5.74, 6) is -3.10. The summed E-state index contributed by atoms with van der Waals surface area (Å²) in [6.07, 6.45) is 3.04. The van der Waals surface area contributed by atoms with E-state index in [0.29, 0.717) is 6.54 Å². The molecule has 0 aromatic carbocycles. The van der Waals surface area contributed by atoms with Crippen LogP contribution in [0.15, 0.2) is 17.6 Å². The third kappa shape index (κ3) is 3.16. The van der Waals surface area contributed by atoms with Crippen LogP contribution in [0, 0.1) is 17.3 Å². The van der Waals surface area contributed by atoms with Crippen LogP contribution in [0.2, 0.25) is 0 Å². The molecule has 0 bridgehead atoms. The molecule has 1 rings (SSSR count). The SMILES string of the molecule is C=CCN=C[C@H]1C(=O)CC(C)(C)[C@H](C(=O)OC)C1=O. The highest BCUT2D eigenvalue weighted by Gasteiger charge is 2.51. The van der Waals surface area contributed by atoms with Gasteiger partial charge in [-0.3, -0.25) is 19.4 Å². The van der Waals surface area contributed by atoms with E-state index >= 15 is 0 Å². The predicted molar refractivity (Wildman–Crippen MR) is 71.0 cm³/mol. The topological polar surface area (TPSA) is 72.8 Å². The number of hydrogen-bond acceptors (Lipinski definition) is 5. The fourth-order valence-corrected chi connectivity index (χ4v) is 2.33. The summed E-state index contributed by atoms with van der Waals surface area (Å²) in [6.45, 7) is 7.29. The Hall–Kier alpha value is -1.78. The van der Waals surface area contributed by atoms with E-state index in [-0.39, 0.29) is 12.2 Å². The van der Waals surface area contributed by atoms with Crippen molar-refractivity contribution in [1.82, 2.24) is 0 Å². The lowest BCUT2D eigenvalue weighted by Gasteiger charge is -2.36. The molecule has 0 aliphatic heterocycles. The van der Waals surface area contributed by atoms with Gasteiger partial charge in [0, 0.05) is 12.6 Å². The molecule has 0 aromatic rings. The van der Waals surface area contributed by atoms with Crippen molar-refractivity contribution in [2.45, 2.75) is 20.3 Å². The summed E-state index contributed by atoms with van der Waals surface area (Å²) in [7, 11) is 1.24. The van der Waals surface area contributed by atoms with Crippen LogP contribution < -0.4 is 0 Å². The summed E-state index contributed by atoms with van der Waals surface area (Å²) in [5, 5.41) is 0. The molecule has 0 saturated heterocycles. The maximum atomic E-state index is 12.3. The molecule has 0 spiro atoms. The van der Waals surface area contributed by atoms with E-state index in [0.717, 1.165) is 0 Å². The van der Waals surface area contributed by atoms with E-state index in [2.05, 4.69) is 16.3 Å². The number of rotatable bonds is 4. The van der Waals surface area contributed by atoms with Crippen LogP contribution >= 0.6 is 0 Å². The van der Waals surface area contributed by atoms with E-state index in [4.69, 9.17) is 0 Å². The molecule has 5 heteroatoms. The van der Waals surface area contributed by atoms with E-state index in [1.807, 2.05) is 0 Å². The maximum absolute atomic E-state index is 12.3. The predicted octanol–water partition coefficient (Wildman–Crippen LogP) is 1.22. The highest BCUT2D eigenvalue weighted by molar-refractivity contribution is 6.21. The Kier molecular flexibility index (Phi) is 4.75. The molecule has 104 valence electrons. The Balaban J connectivity index is 3.04. The van der Waals surface area contributed by atoms with Gasteiger partial charge in [-0.2, -0.15) is 0 Å². The highest BCUT2D eigenvalue weighted by atomic mass is 16.5. The Morgan fingerprint density at radius 2 is 2.16 bits per heavy atom. The van der Waals surface area contributed by atoms with Crippen molar-refractivity contribution < 1.29 is 19.1 Å². The third-order valence-electron chi connectivity index (χ3n) is 3.28. The summed E-state index contributed by atoms with van der Waals surface area (Å²) in [6, 6.07) is 0. The van der Waals surface area contributed by atoms with Gasteiger partial charge in [-0.05, 0) is 5.41 Å². The number of aliphatic imine (C=N–C) groups is 1. The summed E-state index contributed by atoms with van der Waals surface area (Å²) in [5.41, 5.74) is -0.718. The molecule has 1 saturated carbocycles. The summed E-state index contributed by atoms with van der Waals surface area (Å²) < 4.78 is 4.67. The number of methoxy groups -OCH3 is 1. The molecular formula is C14H19NO4. The molecule has 0 amide bonds. The lowest BCUT2D eigenvalue weighted by Crippen LogP contribution is -2.50. The highest BCUT2D eigenvalue weighted by Crippen LogP contribution is 2.39. The standard InChI is InChI=1S/C14H19NO4/c1-5-6-15-8-9-10(16)7-14(2,3)11(12(9)17)13(18)19-4/h5,8-9,11H,1,6-7H2,2-4H3/t9-,11-/m0/s1. The normalized spacial score (nSPS) is 26.5. The molecule has 2 atom stereocenters. The minimum absolute atomic E-state index is 0.156. The molecule has 0 unspecified atom stereocenters. The Morgan fingerprint density at radius 3 is 2.68 bits per heavy atom. The van der Waals surface area contributed by atoms with E-state index < -0.39 is 29.0 Å². The Labute approximate surface area is 112 Å². The third-order valence-corrected chi connectivity index (χ3v) is 3.28. The van der Waals surface area contributed by atoms with E-state index in [9.17, 15) is 14.4 Å². The molecule has 0 heterocycles. The number of nitrogens with zero attached hydrogens (tertiary/aromatic N) is 1. The van der Waals surface area contributed by atoms with Crippen LogP contribution in [-0.2, 0) is 19.1 Å². The van der Waals surface area contributed by atoms with Gasteiger partial charge in [0.15, 0.2) is 5.78 Å². The average Bonchev–Trinajstić information content (AvgIpc) is 2.31. The second kappa shape index (κ2) is 5.91. The number of esters is 1. The summed E-state index contributed by atoms with van der Waals surface area (Å²) >= 11 is 0. The van der Waals surface area contributed by atoms with Crippen LogP contribution in [0.1, 0.15) is 20.3 Å². The van der Waals surface area contributed by atoms with Crippen molar-refractivity contribution in [2.24, 2.45) is 22.2 Å². The van der Waals surface area contributed by atoms with Crippen molar-refractivity contribution in [3.63, 3.8) is 0 Å². The van der Waals surface area contributed by atoms with Crippen molar-refractivity contribution in [1.29, 1.82) is 0 Å². The van der Waals surface area contributed by atoms with Gasteiger partial charge >= 0.3 is 5.97 Å². The fraction of sp³-hybridized carbons (Fsp3) is 0.571. The van der Waals surface area contributed by atoms with Gasteiger partial charge in [0.1, 0.15) is 17.6 Å². The van der Waals surface area contributed by atoms with Crippen LogP contribution in [0.5, 0.6) is 0 Å². The first-order chi connectivity index (χ1) is 8.85. The monoisotopic (exact) mass is 265 g/mol. The van der Waals surface area contributed by atoms with Gasteiger partial charge in [-0.25, -0.2) is 0 Å². The number of Topliss-reactive ketones (excluding diaryl/α,β-unsaturated/α-hetero) is 2. The lowest BCUT2D eigenvalue weighted by molar-refractivity contribution is -0.159. The Morgan fingerprint density at radius 1 is 1.53 bits per heavy atom. The summed E-state index contributed by atoms with van der Waals surface area (Å²) in [4.78, 5) is 40.0. The van der Waals surface area contributed by atoms with Gasteiger partial charge in [-0.15, -0.1) is 6.58 Å². The first kappa shape index (κ1) is 15.3. The van der Waals surface area contributed by atoms with Crippen LogP contribution in [0.25, 0.3) is 0 Å². The van der Waals surface area contributed by atoms with Gasteiger partial charge in [-0.1, -0.05) is 19.9 Å². The molecule has 1 aliphatic rings. The van der Waals surface area contributed by atoms with Crippen LogP contribution in [0.4, 0.5) is 0 Å². The fourth-order valence-electron chi connectivity index (χ4n) is 2.33. The number of carbonyl (C=O) groups excluding carboxylic acids is 3. The van der Waals surface area contributed by atoms with Crippen molar-refractivity contribution in [3.8, 4) is 0 Å². The van der Waals surface area contributed by atoms with Crippen LogP contribution in [-0.4, -0.2) is 37.4 Å². The molecule has 5 nitrogen and oxygen atoms in total. The maximum Gasteiger partial charge on any atom is 0.316 e. The number of hydrogen-bond donors (Lipinski definition) is 0. The molecule has 0 N–H and O–H groups in total. The first-order valence-corrected chi connectivity index (χ1v) is 6.10. The van der Waals surface area contributed by atoms with Crippen molar-refractivity contribution in [3.05, 3.63) is 12.7 Å². The van der Waals surface area contributed by atoms with Crippen molar-refractivity contribution >= 4 is 23.8 Å². The van der Waals surface area contributed by atoms with Gasteiger partial charge in [0.05, 0.1) is 13.7 Å². The van der Waals surface area contributed by atoms with Gasteiger partial charge in [0.2, 0.25) is 0 Å². The van der Waals surface area contributed by atoms with Crippen molar-refractivity contribution in [2.75, 3.05) is 13.7 Å². The second-order valence-electron chi connectivity index (χ2n) is 5.27. The van der Waals surface area contributed by atoms with E-state index in [1.54, 1.807) is 19.9 Å². The minimum atomic E-state index is -0.947. The zero-order valence-electron chi connectivity index (χ0n) is 11.5. The molecule has 19 heavy (non-hydrogen) atoms. The number of ether oxygens (including phenoxy) is 1. The number of carbonyl (C=O) groups is 3. The first-order valence-electron chi connectivity index (χ1n) is 6.10. The molecule has 0 aromatic heterocycles. The Bertz CT molecular complexity index is 437. The second-order valence-corrected chi connectivity index (χ2v) is 5.27. The number of ketones is 2.